The highest BCUT2D eigenvalue weighted by Gasteiger charge is 2.32. The number of thiazole rings is 1. The van der Waals surface area contributed by atoms with Crippen molar-refractivity contribution in [2.24, 2.45) is 0 Å². The van der Waals surface area contributed by atoms with Crippen molar-refractivity contribution in [3.05, 3.63) is 41.7 Å². The second kappa shape index (κ2) is 8.69. The highest BCUT2D eigenvalue weighted by atomic mass is 32.1. The number of anilines is 3. The van der Waals surface area contributed by atoms with Crippen molar-refractivity contribution in [1.82, 2.24) is 14.8 Å². The molecule has 0 bridgehead atoms. The molecular weight excluding hydrogens is 453 g/mol. The summed E-state index contributed by atoms with van der Waals surface area (Å²) in [4.78, 5) is 19.2. The zero-order valence-corrected chi connectivity index (χ0v) is 18.5. The number of nitrogens with zero attached hydrogens (tertiary/aromatic N) is 4. The van der Waals surface area contributed by atoms with Crippen molar-refractivity contribution in [3.8, 4) is 10.6 Å². The van der Waals surface area contributed by atoms with Crippen molar-refractivity contribution < 1.29 is 18.0 Å². The Bertz CT molecular complexity index is 1170. The Morgan fingerprint density at radius 2 is 1.91 bits per heavy atom. The van der Waals surface area contributed by atoms with E-state index < -0.39 is 23.7 Å². The van der Waals surface area contributed by atoms with Gasteiger partial charge in [-0.1, -0.05) is 17.4 Å². The molecule has 1 amide bonds. The first-order valence-corrected chi connectivity index (χ1v) is 11.7. The number of amides is 1. The molecule has 5 rings (SSSR count). The molecule has 1 aromatic carbocycles. The fraction of sp³-hybridized carbons (Fsp3) is 0.409. The van der Waals surface area contributed by atoms with Crippen LogP contribution < -0.4 is 16.0 Å². The average Bonchev–Trinajstić information content (AvgIpc) is 3.48. The van der Waals surface area contributed by atoms with Crippen LogP contribution in [0.15, 0.2) is 24.4 Å². The van der Waals surface area contributed by atoms with Gasteiger partial charge in [-0.05, 0) is 44.2 Å². The summed E-state index contributed by atoms with van der Waals surface area (Å²) < 4.78 is 44.1. The number of carbonyl (C=O) groups is 1. The van der Waals surface area contributed by atoms with Crippen LogP contribution in [0.4, 0.5) is 29.7 Å². The van der Waals surface area contributed by atoms with Gasteiger partial charge in [-0.3, -0.25) is 4.79 Å². The van der Waals surface area contributed by atoms with Crippen LogP contribution in [0.2, 0.25) is 0 Å². The summed E-state index contributed by atoms with van der Waals surface area (Å²) in [6.45, 7) is 1.19. The van der Waals surface area contributed by atoms with E-state index in [4.69, 9.17) is 5.73 Å². The highest BCUT2D eigenvalue weighted by Crippen LogP contribution is 2.41. The van der Waals surface area contributed by atoms with E-state index in [2.05, 4.69) is 20.3 Å². The van der Waals surface area contributed by atoms with Gasteiger partial charge in [0, 0.05) is 13.1 Å². The maximum atomic E-state index is 14.2. The molecule has 3 N–H and O–H groups in total. The third-order valence-electron chi connectivity index (χ3n) is 5.91. The molecule has 2 aliphatic rings. The summed E-state index contributed by atoms with van der Waals surface area (Å²) in [5.41, 5.74) is 6.05. The first-order chi connectivity index (χ1) is 15.9. The maximum Gasteiger partial charge on any atom is 0.277 e. The van der Waals surface area contributed by atoms with Crippen molar-refractivity contribution in [3.63, 3.8) is 0 Å². The van der Waals surface area contributed by atoms with Crippen molar-refractivity contribution in [1.29, 1.82) is 0 Å². The van der Waals surface area contributed by atoms with E-state index in [0.717, 1.165) is 42.1 Å². The predicted molar refractivity (Wildman–Crippen MR) is 121 cm³/mol. The Labute approximate surface area is 192 Å². The fourth-order valence-electron chi connectivity index (χ4n) is 4.10. The number of nitrogen functional groups attached to an aromatic ring is 1. The van der Waals surface area contributed by atoms with Gasteiger partial charge in [-0.2, -0.15) is 5.10 Å². The Morgan fingerprint density at radius 1 is 1.15 bits per heavy atom. The third kappa shape index (κ3) is 4.29. The predicted octanol–water partition coefficient (Wildman–Crippen LogP) is 4.78. The second-order valence-corrected chi connectivity index (χ2v) is 9.39. The zero-order chi connectivity index (χ0) is 23.1. The second-order valence-electron chi connectivity index (χ2n) is 8.36. The Morgan fingerprint density at radius 3 is 2.64 bits per heavy atom. The number of carbonyl (C=O) groups excluding carboxylic acids is 1. The monoisotopic (exact) mass is 476 g/mol. The lowest BCUT2D eigenvalue weighted by Gasteiger charge is -2.25. The number of hydrogen-bond donors (Lipinski definition) is 2. The minimum Gasteiger partial charge on any atom is -0.389 e. The normalized spacial score (nSPS) is 18.9. The minimum absolute atomic E-state index is 0.0105. The van der Waals surface area contributed by atoms with Crippen molar-refractivity contribution in [2.45, 2.75) is 44.3 Å². The lowest BCUT2D eigenvalue weighted by molar-refractivity contribution is 0.102. The molecule has 0 spiro atoms. The van der Waals surface area contributed by atoms with E-state index >= 15 is 0 Å². The van der Waals surface area contributed by atoms with Gasteiger partial charge in [0.05, 0.1) is 17.8 Å². The molecule has 11 heteroatoms. The number of aromatic nitrogens is 3. The van der Waals surface area contributed by atoms with Crippen LogP contribution in [0.3, 0.4) is 0 Å². The molecule has 1 saturated heterocycles. The molecule has 2 fully saturated rings. The van der Waals surface area contributed by atoms with E-state index in [1.807, 2.05) is 4.68 Å². The van der Waals surface area contributed by atoms with Crippen LogP contribution in [0, 0.1) is 11.6 Å². The maximum absolute atomic E-state index is 14.2. The van der Waals surface area contributed by atoms with E-state index in [1.165, 1.54) is 6.07 Å². The van der Waals surface area contributed by atoms with Crippen LogP contribution in [0.1, 0.15) is 48.6 Å². The molecule has 1 aliphatic carbocycles. The van der Waals surface area contributed by atoms with E-state index in [1.54, 1.807) is 6.20 Å². The molecule has 7 nitrogen and oxygen atoms in total. The van der Waals surface area contributed by atoms with Crippen LogP contribution in [0.5, 0.6) is 0 Å². The van der Waals surface area contributed by atoms with E-state index in [9.17, 15) is 18.0 Å². The molecule has 174 valence electrons. The minimum atomic E-state index is -0.836. The number of alkyl halides is 1. The molecule has 3 heterocycles. The average molecular weight is 477 g/mol. The summed E-state index contributed by atoms with van der Waals surface area (Å²) in [6.07, 6.45) is 4.37. The van der Waals surface area contributed by atoms with Crippen LogP contribution >= 0.6 is 11.3 Å². The van der Waals surface area contributed by atoms with Gasteiger partial charge >= 0.3 is 0 Å². The summed E-state index contributed by atoms with van der Waals surface area (Å²) in [5.74, 6) is -1.41. The van der Waals surface area contributed by atoms with Gasteiger partial charge in [0.2, 0.25) is 0 Å². The largest absolute Gasteiger partial charge is 0.389 e. The zero-order valence-electron chi connectivity index (χ0n) is 17.7. The highest BCUT2D eigenvalue weighted by molar-refractivity contribution is 7.19. The molecular formula is C22H23F3N6OS. The smallest absolute Gasteiger partial charge is 0.277 e. The van der Waals surface area contributed by atoms with Gasteiger partial charge in [0.25, 0.3) is 5.91 Å². The lowest BCUT2D eigenvalue weighted by Crippen LogP contribution is -2.28. The molecule has 1 atom stereocenters. The lowest BCUT2D eigenvalue weighted by atomic mass is 10.2. The van der Waals surface area contributed by atoms with Gasteiger partial charge in [0.15, 0.2) is 11.5 Å². The number of nitrogens with two attached hydrogens (primary N) is 1. The van der Waals surface area contributed by atoms with Gasteiger partial charge in [0.1, 0.15) is 33.5 Å². The number of nitrogens with one attached hydrogen (secondary N) is 1. The molecule has 1 saturated carbocycles. The van der Waals surface area contributed by atoms with Gasteiger partial charge < -0.3 is 16.0 Å². The SMILES string of the molecule is Nc1sc(-c2c(F)cccc2F)nc1C(=O)Nc1cnn(C2CC2)c1N1CCC[C@@H](F)CC1. The van der Waals surface area contributed by atoms with Crippen molar-refractivity contribution in [2.75, 3.05) is 29.0 Å². The summed E-state index contributed by atoms with van der Waals surface area (Å²) in [5, 5.41) is 7.32. The molecule has 0 radical (unpaired) electrons. The number of halogens is 3. The van der Waals surface area contributed by atoms with Crippen LogP contribution in [-0.2, 0) is 0 Å². The quantitative estimate of drug-likeness (QED) is 0.553. The Hall–Kier alpha value is -3.08. The topological polar surface area (TPSA) is 89.1 Å². The molecule has 2 aromatic heterocycles. The molecule has 33 heavy (non-hydrogen) atoms. The first-order valence-electron chi connectivity index (χ1n) is 10.9. The summed E-state index contributed by atoms with van der Waals surface area (Å²) in [6, 6.07) is 3.76. The third-order valence-corrected chi connectivity index (χ3v) is 6.81. The number of benzene rings is 1. The summed E-state index contributed by atoms with van der Waals surface area (Å²) in [7, 11) is 0. The Balaban J connectivity index is 1.43. The molecule has 3 aromatic rings. The van der Waals surface area contributed by atoms with Gasteiger partial charge in [-0.15, -0.1) is 0 Å². The van der Waals surface area contributed by atoms with E-state index in [0.29, 0.717) is 38.0 Å². The number of hydrogen-bond acceptors (Lipinski definition) is 6. The molecule has 0 unspecified atom stereocenters. The number of rotatable bonds is 5. The summed E-state index contributed by atoms with van der Waals surface area (Å²) >= 11 is 0.843. The van der Waals surface area contributed by atoms with Crippen molar-refractivity contribution >= 4 is 33.8 Å². The van der Waals surface area contributed by atoms with Crippen LogP contribution in [0.25, 0.3) is 10.6 Å². The molecule has 1 aliphatic heterocycles. The van der Waals surface area contributed by atoms with E-state index in [-0.39, 0.29) is 27.3 Å². The fourth-order valence-corrected chi connectivity index (χ4v) is 4.98. The first kappa shape index (κ1) is 21.7. The van der Waals surface area contributed by atoms with Crippen LogP contribution in [-0.4, -0.2) is 39.9 Å². The standard InChI is InChI=1S/C22H23F3N6OS/c23-12-3-2-9-30(10-8-12)22-16(11-27-31(22)13-6-7-13)28-20(32)18-19(26)33-21(29-18)17-14(24)4-1-5-15(17)25/h1,4-5,11-13H,2-3,6-10,26H2,(H,28,32)/t12-/m1/s1. The van der Waals surface area contributed by atoms with Gasteiger partial charge in [-0.25, -0.2) is 22.8 Å². The Kier molecular flexibility index (Phi) is 5.73.